The van der Waals surface area contributed by atoms with Crippen LogP contribution in [0, 0.1) is 23.7 Å². The van der Waals surface area contributed by atoms with Crippen LogP contribution in [0.25, 0.3) is 0 Å². The Morgan fingerprint density at radius 1 is 0.566 bits per heavy atom. The summed E-state index contributed by atoms with van der Waals surface area (Å²) in [5.41, 5.74) is 18.1. The molecule has 4 fully saturated rings. The van der Waals surface area contributed by atoms with E-state index < -0.39 is 0 Å². The number of rotatable bonds is 0. The predicted molar refractivity (Wildman–Crippen MR) is 227 cm³/mol. The average molecular weight is 705 g/mol. The van der Waals surface area contributed by atoms with E-state index in [9.17, 15) is 0 Å². The van der Waals surface area contributed by atoms with E-state index in [4.69, 9.17) is 0 Å². The van der Waals surface area contributed by atoms with E-state index in [1.807, 2.05) is 0 Å². The van der Waals surface area contributed by atoms with E-state index >= 15 is 0 Å². The van der Waals surface area contributed by atoms with Crippen molar-refractivity contribution in [2.75, 3.05) is 9.80 Å². The molecule has 278 valence electrons. The second-order valence-corrected chi connectivity index (χ2v) is 22.6. The maximum atomic E-state index is 3.04. The lowest BCUT2D eigenvalue weighted by molar-refractivity contribution is 0.0334. The molecule has 0 bridgehead atoms. The first kappa shape index (κ1) is 33.6. The Labute approximate surface area is 322 Å². The molecule has 4 saturated carbocycles. The number of fused-ring (bicyclic) bond motifs is 14. The first-order valence-corrected chi connectivity index (χ1v) is 22.2. The van der Waals surface area contributed by atoms with Gasteiger partial charge in [-0.15, -0.1) is 0 Å². The van der Waals surface area contributed by atoms with Crippen molar-refractivity contribution in [3.05, 3.63) is 64.7 Å². The van der Waals surface area contributed by atoms with E-state index in [1.54, 1.807) is 50.3 Å². The molecule has 0 saturated heterocycles. The molecule has 3 aromatic rings. The average Bonchev–Trinajstić information content (AvgIpc) is 3.47. The molecule has 3 heteroatoms. The maximum absolute atomic E-state index is 3.04. The summed E-state index contributed by atoms with van der Waals surface area (Å²) in [4.78, 5) is 6.09. The molecule has 0 spiro atoms. The largest absolute Gasteiger partial charge is 0.335 e. The Bertz CT molecular complexity index is 1960. The highest BCUT2D eigenvalue weighted by Crippen LogP contribution is 2.69. The summed E-state index contributed by atoms with van der Waals surface area (Å²) in [6, 6.07) is 18.6. The third kappa shape index (κ3) is 3.76. The molecule has 11 rings (SSSR count). The highest BCUT2D eigenvalue weighted by Gasteiger charge is 2.69. The first-order chi connectivity index (χ1) is 25.0. The van der Waals surface area contributed by atoms with Crippen LogP contribution in [0.15, 0.2) is 42.5 Å². The summed E-state index contributed by atoms with van der Waals surface area (Å²) >= 11 is 0. The number of anilines is 4. The number of hydrogen-bond acceptors (Lipinski definition) is 2. The molecule has 4 aliphatic heterocycles. The summed E-state index contributed by atoms with van der Waals surface area (Å²) in [5, 5.41) is 0. The minimum absolute atomic E-state index is 0.0610. The number of nitrogens with zero attached hydrogens (tertiary/aromatic N) is 2. The zero-order chi connectivity index (χ0) is 36.8. The maximum Gasteiger partial charge on any atom is 0.252 e. The van der Waals surface area contributed by atoms with Crippen molar-refractivity contribution in [3.63, 3.8) is 0 Å². The lowest BCUT2D eigenvalue weighted by Gasteiger charge is -2.61. The Morgan fingerprint density at radius 3 is 1.40 bits per heavy atom. The normalized spacial score (nSPS) is 37.3. The van der Waals surface area contributed by atoms with Crippen molar-refractivity contribution in [1.82, 2.24) is 0 Å². The molecule has 0 N–H and O–H groups in total. The smallest absolute Gasteiger partial charge is 0.252 e. The van der Waals surface area contributed by atoms with Crippen LogP contribution >= 0.6 is 0 Å². The van der Waals surface area contributed by atoms with Gasteiger partial charge >= 0.3 is 0 Å². The molecular weight excluding hydrogens is 639 g/mol. The highest BCUT2D eigenvalue weighted by molar-refractivity contribution is 7.00. The molecule has 53 heavy (non-hydrogen) atoms. The molecule has 0 aromatic heterocycles. The molecule has 8 atom stereocenters. The van der Waals surface area contributed by atoms with Gasteiger partial charge in [0.1, 0.15) is 0 Å². The third-order valence-corrected chi connectivity index (χ3v) is 18.6. The fraction of sp³-hybridized carbons (Fsp3) is 0.640. The molecule has 2 nitrogen and oxygen atoms in total. The molecule has 0 amide bonds. The van der Waals surface area contributed by atoms with Gasteiger partial charge in [-0.05, 0) is 138 Å². The van der Waals surface area contributed by atoms with Crippen molar-refractivity contribution in [2.24, 2.45) is 23.7 Å². The summed E-state index contributed by atoms with van der Waals surface area (Å²) in [5.74, 6) is 3.15. The summed E-state index contributed by atoms with van der Waals surface area (Å²) in [7, 11) is 0. The van der Waals surface area contributed by atoms with Gasteiger partial charge < -0.3 is 9.80 Å². The van der Waals surface area contributed by atoms with Crippen LogP contribution in [-0.2, 0) is 21.7 Å². The summed E-state index contributed by atoms with van der Waals surface area (Å²) in [6.45, 7) is 26.0. The summed E-state index contributed by atoms with van der Waals surface area (Å²) in [6.07, 6.45) is 16.7. The van der Waals surface area contributed by atoms with E-state index in [1.165, 1.54) is 88.2 Å². The molecule has 4 heterocycles. The minimum Gasteiger partial charge on any atom is -0.335 e. The zero-order valence-electron chi connectivity index (χ0n) is 34.8. The van der Waals surface area contributed by atoms with Crippen molar-refractivity contribution in [2.45, 2.75) is 179 Å². The van der Waals surface area contributed by atoms with Crippen LogP contribution in [0.1, 0.15) is 169 Å². The van der Waals surface area contributed by atoms with Crippen LogP contribution in [0.4, 0.5) is 22.7 Å². The van der Waals surface area contributed by atoms with Gasteiger partial charge in [-0.25, -0.2) is 0 Å². The molecule has 3 aromatic carbocycles. The van der Waals surface area contributed by atoms with Gasteiger partial charge in [-0.1, -0.05) is 124 Å². The quantitative estimate of drug-likeness (QED) is 0.215. The fourth-order valence-electron chi connectivity index (χ4n) is 15.4. The zero-order valence-corrected chi connectivity index (χ0v) is 34.8. The first-order valence-electron chi connectivity index (χ1n) is 22.2. The Balaban J connectivity index is 1.27. The van der Waals surface area contributed by atoms with Gasteiger partial charge in [0.2, 0.25) is 0 Å². The Morgan fingerprint density at radius 2 is 0.981 bits per heavy atom. The van der Waals surface area contributed by atoms with E-state index in [2.05, 4.69) is 122 Å². The molecule has 8 aliphatic rings. The van der Waals surface area contributed by atoms with Crippen LogP contribution < -0.4 is 26.2 Å². The molecule has 4 aliphatic carbocycles. The van der Waals surface area contributed by atoms with Crippen LogP contribution in [-0.4, -0.2) is 17.8 Å². The second kappa shape index (κ2) is 10.2. The second-order valence-electron chi connectivity index (χ2n) is 22.6. The van der Waals surface area contributed by atoms with Gasteiger partial charge in [0.05, 0.1) is 11.1 Å². The predicted octanol–water partition coefficient (Wildman–Crippen LogP) is 11.0. The highest BCUT2D eigenvalue weighted by atomic mass is 15.3. The van der Waals surface area contributed by atoms with Gasteiger partial charge in [-0.2, -0.15) is 0 Å². The monoisotopic (exact) mass is 705 g/mol. The van der Waals surface area contributed by atoms with Gasteiger partial charge in [0, 0.05) is 33.6 Å². The van der Waals surface area contributed by atoms with Gasteiger partial charge in [0.15, 0.2) is 0 Å². The molecular formula is C50H65BN2. The number of hydrogen-bond donors (Lipinski definition) is 0. The van der Waals surface area contributed by atoms with Gasteiger partial charge in [-0.3, -0.25) is 0 Å². The van der Waals surface area contributed by atoms with Gasteiger partial charge in [0.25, 0.3) is 6.71 Å². The molecule has 8 unspecified atom stereocenters. The standard InChI is InChI=1S/C50H65BN2/c1-45(2,3)32-26-36-43-38(28-32)51-39-29-33(46(4,5)6)27-37-44(39)53(50(10)35-19-14-12-17-31(35)23-25-48(37,50)8)41-21-15-20-40(42(41)51)52(43)49(9)34-18-13-11-16-30(34)22-24-47(36,49)7/h15,20-21,26-31,34-35H,11-14,16-19,22-25H2,1-10H3. The van der Waals surface area contributed by atoms with Crippen LogP contribution in [0.2, 0.25) is 0 Å². The third-order valence-electron chi connectivity index (χ3n) is 18.6. The van der Waals surface area contributed by atoms with E-state index in [0.717, 1.165) is 23.7 Å². The van der Waals surface area contributed by atoms with Crippen molar-refractivity contribution in [1.29, 1.82) is 0 Å². The van der Waals surface area contributed by atoms with Crippen molar-refractivity contribution in [3.8, 4) is 0 Å². The van der Waals surface area contributed by atoms with Crippen LogP contribution in [0.3, 0.4) is 0 Å². The topological polar surface area (TPSA) is 6.48 Å². The Hall–Kier alpha value is -2.68. The number of benzene rings is 3. The fourth-order valence-corrected chi connectivity index (χ4v) is 15.4. The van der Waals surface area contributed by atoms with E-state index in [-0.39, 0.29) is 39.5 Å². The SMILES string of the molecule is CC(C)(C)c1cc2c3c(c1)C1(C)CCC4CCCCC4C1(C)N3c1cccc3c1B2c1cc(C(C)(C)C)cc2c1N3C1(C)C3CCCCC3CCC21C. The van der Waals surface area contributed by atoms with Crippen molar-refractivity contribution >= 4 is 45.9 Å². The minimum atomic E-state index is 0.0610. The lowest BCUT2D eigenvalue weighted by atomic mass is 9.33. The van der Waals surface area contributed by atoms with E-state index in [0.29, 0.717) is 0 Å². The molecule has 0 radical (unpaired) electrons. The summed E-state index contributed by atoms with van der Waals surface area (Å²) < 4.78 is 0. The van der Waals surface area contributed by atoms with Crippen molar-refractivity contribution < 1.29 is 0 Å². The Kier molecular flexibility index (Phi) is 6.47. The lowest BCUT2D eigenvalue weighted by Crippen LogP contribution is -2.69. The van der Waals surface area contributed by atoms with Crippen LogP contribution in [0.5, 0.6) is 0 Å².